The van der Waals surface area contributed by atoms with Crippen LogP contribution in [-0.4, -0.2) is 66.0 Å². The Morgan fingerprint density at radius 3 is 2.73 bits per heavy atom. The predicted molar refractivity (Wildman–Crippen MR) is 98.7 cm³/mol. The molecule has 2 aliphatic heterocycles. The Balaban J connectivity index is 0.000000318. The van der Waals surface area contributed by atoms with E-state index in [1.807, 2.05) is 23.1 Å². The van der Waals surface area contributed by atoms with Gasteiger partial charge in [0, 0.05) is 36.8 Å². The molecule has 0 unspecified atom stereocenters. The van der Waals surface area contributed by atoms with E-state index in [1.54, 1.807) is 6.20 Å². The molecule has 1 N–H and O–H groups in total. The molecule has 1 aliphatic carbocycles. The van der Waals surface area contributed by atoms with Gasteiger partial charge in [-0.25, -0.2) is 9.78 Å². The van der Waals surface area contributed by atoms with Gasteiger partial charge in [-0.1, -0.05) is 12.1 Å². The number of fused-ring (bicyclic) bond motifs is 1. The van der Waals surface area contributed by atoms with Crippen molar-refractivity contribution in [2.45, 2.75) is 25.4 Å². The van der Waals surface area contributed by atoms with Crippen molar-refractivity contribution in [1.82, 2.24) is 9.88 Å². The smallest absolute Gasteiger partial charge is 0.477 e. The summed E-state index contributed by atoms with van der Waals surface area (Å²) >= 11 is 0. The lowest BCUT2D eigenvalue weighted by atomic mass is 9.82. The molecule has 1 amide bonds. The fourth-order valence-electron chi connectivity index (χ4n) is 3.91. The van der Waals surface area contributed by atoms with Crippen LogP contribution in [0.25, 0.3) is 0 Å². The van der Waals surface area contributed by atoms with Crippen LogP contribution in [0, 0.1) is 11.3 Å². The summed E-state index contributed by atoms with van der Waals surface area (Å²) in [5.41, 5.74) is 0.901. The second-order valence-corrected chi connectivity index (χ2v) is 7.64. The maximum Gasteiger partial charge on any atom is 0.490 e. The molecule has 2 atom stereocenters. The molecule has 0 aromatic carbocycles. The molecule has 2 fully saturated rings. The first-order chi connectivity index (χ1) is 14.2. The van der Waals surface area contributed by atoms with E-state index < -0.39 is 12.1 Å². The molecule has 1 aromatic rings. The van der Waals surface area contributed by atoms with Gasteiger partial charge in [-0.05, 0) is 25.3 Å². The van der Waals surface area contributed by atoms with Gasteiger partial charge in [0.1, 0.15) is 0 Å². The van der Waals surface area contributed by atoms with Crippen LogP contribution in [-0.2, 0) is 14.3 Å². The fourth-order valence-corrected chi connectivity index (χ4v) is 3.91. The maximum atomic E-state index is 12.7. The number of amides is 1. The predicted octanol–water partition coefficient (Wildman–Crippen LogP) is 2.68. The Kier molecular flexibility index (Phi) is 6.64. The van der Waals surface area contributed by atoms with Crippen molar-refractivity contribution in [2.24, 2.45) is 11.3 Å². The molecule has 4 rings (SSSR count). The van der Waals surface area contributed by atoms with Gasteiger partial charge in [0.15, 0.2) is 0 Å². The molecule has 0 saturated carbocycles. The second-order valence-electron chi connectivity index (χ2n) is 7.64. The molecule has 164 valence electrons. The van der Waals surface area contributed by atoms with Crippen LogP contribution in [0.1, 0.15) is 19.3 Å². The standard InChI is InChI=1S/C18H22N2O3.C2HF3O2/c21-17(14-5-1-2-6-14)20-9-15-10-22-12-18(15,11-20)13-23-16-7-3-4-8-19-16;3-2(4,5)1(6)7/h3-5,7-8,15H,1-2,6,9-13H2;(H,6,7)/t15-,18+;/m1./s1. The lowest BCUT2D eigenvalue weighted by Gasteiger charge is -2.26. The number of hydrogen-bond donors (Lipinski definition) is 1. The topological polar surface area (TPSA) is 89.0 Å². The third-order valence-electron chi connectivity index (χ3n) is 5.51. The molecule has 30 heavy (non-hydrogen) atoms. The van der Waals surface area contributed by atoms with Gasteiger partial charge in [0.2, 0.25) is 11.8 Å². The number of carbonyl (C=O) groups is 2. The second kappa shape index (κ2) is 9.03. The van der Waals surface area contributed by atoms with Crippen LogP contribution >= 0.6 is 0 Å². The van der Waals surface area contributed by atoms with E-state index in [9.17, 15) is 18.0 Å². The summed E-state index contributed by atoms with van der Waals surface area (Å²) in [7, 11) is 0. The van der Waals surface area contributed by atoms with E-state index in [0.717, 1.165) is 37.9 Å². The number of rotatable bonds is 4. The Hall–Kier alpha value is -2.62. The maximum absolute atomic E-state index is 12.7. The van der Waals surface area contributed by atoms with E-state index in [-0.39, 0.29) is 11.3 Å². The average Bonchev–Trinajstić information content (AvgIpc) is 3.42. The van der Waals surface area contributed by atoms with Gasteiger partial charge in [-0.3, -0.25) is 4.79 Å². The first-order valence-corrected chi connectivity index (χ1v) is 9.61. The number of likely N-dealkylation sites (tertiary alicyclic amines) is 1. The van der Waals surface area contributed by atoms with Gasteiger partial charge in [0.05, 0.1) is 25.2 Å². The molecular formula is C20H23F3N2O5. The van der Waals surface area contributed by atoms with Crippen LogP contribution in [0.15, 0.2) is 36.0 Å². The highest BCUT2D eigenvalue weighted by Gasteiger charge is 2.52. The number of aliphatic carboxylic acids is 1. The minimum atomic E-state index is -5.08. The van der Waals surface area contributed by atoms with Gasteiger partial charge in [-0.15, -0.1) is 0 Å². The van der Waals surface area contributed by atoms with Crippen LogP contribution in [0.5, 0.6) is 5.88 Å². The van der Waals surface area contributed by atoms with E-state index in [2.05, 4.69) is 11.1 Å². The van der Waals surface area contributed by atoms with Crippen molar-refractivity contribution in [3.8, 4) is 5.88 Å². The lowest BCUT2D eigenvalue weighted by Crippen LogP contribution is -2.38. The SMILES string of the molecule is O=C(C1=CCCC1)N1C[C@@H]2COC[C@]2(COc2ccccn2)C1.O=C(O)C(F)(F)F. The number of carbonyl (C=O) groups excluding carboxylic acids is 1. The summed E-state index contributed by atoms with van der Waals surface area (Å²) in [6, 6.07) is 5.65. The third-order valence-corrected chi connectivity index (χ3v) is 5.51. The Morgan fingerprint density at radius 2 is 2.13 bits per heavy atom. The molecule has 2 saturated heterocycles. The summed E-state index contributed by atoms with van der Waals surface area (Å²) in [6.45, 7) is 3.43. The number of carboxylic acids is 1. The monoisotopic (exact) mass is 428 g/mol. The van der Waals surface area contributed by atoms with E-state index >= 15 is 0 Å². The van der Waals surface area contributed by atoms with Crippen molar-refractivity contribution in [1.29, 1.82) is 0 Å². The van der Waals surface area contributed by atoms with Crippen molar-refractivity contribution < 1.29 is 37.3 Å². The first-order valence-electron chi connectivity index (χ1n) is 9.61. The number of aromatic nitrogens is 1. The minimum absolute atomic E-state index is 0.0909. The summed E-state index contributed by atoms with van der Waals surface area (Å²) in [5, 5.41) is 7.12. The third kappa shape index (κ3) is 5.10. The summed E-state index contributed by atoms with van der Waals surface area (Å²) in [6.07, 6.45) is 1.81. The van der Waals surface area contributed by atoms with Gasteiger partial charge >= 0.3 is 12.1 Å². The molecule has 1 aromatic heterocycles. The zero-order chi connectivity index (χ0) is 21.8. The molecule has 0 radical (unpaired) electrons. The molecule has 3 heterocycles. The number of ether oxygens (including phenoxy) is 2. The molecule has 3 aliphatic rings. The Bertz CT molecular complexity index is 799. The molecule has 0 spiro atoms. The van der Waals surface area contributed by atoms with E-state index in [1.165, 1.54) is 0 Å². The van der Waals surface area contributed by atoms with Gasteiger partial charge < -0.3 is 19.5 Å². The summed E-state index contributed by atoms with van der Waals surface area (Å²) in [5.74, 6) is -1.55. The van der Waals surface area contributed by atoms with Gasteiger partial charge in [-0.2, -0.15) is 13.2 Å². The van der Waals surface area contributed by atoms with E-state index in [0.29, 0.717) is 31.6 Å². The quantitative estimate of drug-likeness (QED) is 0.793. The van der Waals surface area contributed by atoms with Crippen LogP contribution in [0.4, 0.5) is 13.2 Å². The summed E-state index contributed by atoms with van der Waals surface area (Å²) < 4.78 is 43.3. The van der Waals surface area contributed by atoms with Crippen LogP contribution in [0.2, 0.25) is 0 Å². The van der Waals surface area contributed by atoms with Crippen LogP contribution < -0.4 is 4.74 Å². The Labute approximate surface area is 171 Å². The molecule has 7 nitrogen and oxygen atoms in total. The Morgan fingerprint density at radius 1 is 1.37 bits per heavy atom. The van der Waals surface area contributed by atoms with Crippen LogP contribution in [0.3, 0.4) is 0 Å². The van der Waals surface area contributed by atoms with Gasteiger partial charge in [0.25, 0.3) is 0 Å². The number of halogens is 3. The minimum Gasteiger partial charge on any atom is -0.477 e. The number of hydrogen-bond acceptors (Lipinski definition) is 5. The van der Waals surface area contributed by atoms with Crippen molar-refractivity contribution in [3.05, 3.63) is 36.0 Å². The highest BCUT2D eigenvalue weighted by molar-refractivity contribution is 5.94. The van der Waals surface area contributed by atoms with Crippen molar-refractivity contribution in [2.75, 3.05) is 32.9 Å². The summed E-state index contributed by atoms with van der Waals surface area (Å²) in [4.78, 5) is 27.8. The molecule has 0 bridgehead atoms. The highest BCUT2D eigenvalue weighted by Crippen LogP contribution is 2.42. The average molecular weight is 428 g/mol. The number of pyridine rings is 1. The normalized spacial score (nSPS) is 25.2. The molecular weight excluding hydrogens is 405 g/mol. The van der Waals surface area contributed by atoms with Crippen molar-refractivity contribution >= 4 is 11.9 Å². The number of allylic oxidation sites excluding steroid dienone is 1. The zero-order valence-electron chi connectivity index (χ0n) is 16.2. The van der Waals surface area contributed by atoms with Crippen molar-refractivity contribution in [3.63, 3.8) is 0 Å². The first kappa shape index (κ1) is 22.1. The number of nitrogens with zero attached hydrogens (tertiary/aromatic N) is 2. The largest absolute Gasteiger partial charge is 0.490 e. The fraction of sp³-hybridized carbons (Fsp3) is 0.550. The highest BCUT2D eigenvalue weighted by atomic mass is 19.4. The van der Waals surface area contributed by atoms with E-state index in [4.69, 9.17) is 19.4 Å². The molecule has 10 heteroatoms. The zero-order valence-corrected chi connectivity index (χ0v) is 16.2. The number of carboxylic acid groups (broad SMARTS) is 1. The lowest BCUT2D eigenvalue weighted by molar-refractivity contribution is -0.192. The number of alkyl halides is 3.